The molecule has 38 heavy (non-hydrogen) atoms. The molecule has 3 heterocycles. The Morgan fingerprint density at radius 2 is 1.47 bits per heavy atom. The highest BCUT2D eigenvalue weighted by molar-refractivity contribution is 7.80. The van der Waals surface area contributed by atoms with Crippen molar-refractivity contribution in [2.45, 2.75) is 26.8 Å². The third-order valence-electron chi connectivity index (χ3n) is 7.21. The molecule has 0 aliphatic carbocycles. The number of hydrogen-bond donors (Lipinski definition) is 2. The number of piperidine rings is 1. The van der Waals surface area contributed by atoms with Crippen LogP contribution in [0.5, 0.6) is 0 Å². The predicted molar refractivity (Wildman–Crippen MR) is 158 cm³/mol. The van der Waals surface area contributed by atoms with E-state index in [1.165, 1.54) is 24.2 Å². The molecule has 0 amide bonds. The maximum Gasteiger partial charge on any atom is 0.232 e. The monoisotopic (exact) mass is 533 g/mol. The number of halogens is 1. The van der Waals surface area contributed by atoms with Gasteiger partial charge in [0.25, 0.3) is 0 Å². The molecule has 2 aliphatic rings. The first-order chi connectivity index (χ1) is 18.4. The number of rotatable bonds is 6. The summed E-state index contributed by atoms with van der Waals surface area (Å²) in [6.45, 7) is 10.7. The molecular weight excluding hydrogens is 497 g/mol. The van der Waals surface area contributed by atoms with Gasteiger partial charge in [0, 0.05) is 57.6 Å². The number of aromatic nitrogens is 2. The van der Waals surface area contributed by atoms with Crippen molar-refractivity contribution >= 4 is 40.6 Å². The van der Waals surface area contributed by atoms with E-state index in [9.17, 15) is 4.39 Å². The van der Waals surface area contributed by atoms with Gasteiger partial charge in [-0.15, -0.1) is 0 Å². The second-order valence-electron chi connectivity index (χ2n) is 10.5. The number of para-hydroxylation sites is 1. The van der Waals surface area contributed by atoms with Crippen LogP contribution >= 0.6 is 12.2 Å². The number of anilines is 4. The summed E-state index contributed by atoms with van der Waals surface area (Å²) in [7, 11) is 0. The summed E-state index contributed by atoms with van der Waals surface area (Å²) in [5.41, 5.74) is 2.20. The molecule has 9 heteroatoms. The summed E-state index contributed by atoms with van der Waals surface area (Å²) in [5.74, 6) is 3.31. The van der Waals surface area contributed by atoms with Crippen LogP contribution in [-0.4, -0.2) is 54.3 Å². The lowest BCUT2D eigenvalue weighted by Gasteiger charge is -2.38. The molecule has 3 aromatic rings. The first kappa shape index (κ1) is 26.2. The highest BCUT2D eigenvalue weighted by Crippen LogP contribution is 2.29. The Labute approximate surface area is 230 Å². The van der Waals surface area contributed by atoms with E-state index in [0.29, 0.717) is 29.4 Å². The van der Waals surface area contributed by atoms with Gasteiger partial charge in [0.2, 0.25) is 5.95 Å². The predicted octanol–water partition coefficient (Wildman–Crippen LogP) is 4.91. The molecule has 2 unspecified atom stereocenters. The summed E-state index contributed by atoms with van der Waals surface area (Å²) >= 11 is 5.56. The molecular formula is C29H36FN7S. The zero-order valence-corrected chi connectivity index (χ0v) is 22.9. The normalized spacial score (nSPS) is 19.8. The molecule has 7 nitrogen and oxygen atoms in total. The minimum atomic E-state index is -0.252. The largest absolute Gasteiger partial charge is 0.368 e. The van der Waals surface area contributed by atoms with Gasteiger partial charge in [0.1, 0.15) is 17.5 Å². The summed E-state index contributed by atoms with van der Waals surface area (Å²) in [5, 5.41) is 6.82. The van der Waals surface area contributed by atoms with E-state index in [4.69, 9.17) is 22.2 Å². The Hall–Kier alpha value is -3.46. The Morgan fingerprint density at radius 3 is 2.13 bits per heavy atom. The second kappa shape index (κ2) is 11.9. The Morgan fingerprint density at radius 1 is 0.868 bits per heavy atom. The minimum Gasteiger partial charge on any atom is -0.368 e. The molecule has 0 spiro atoms. The number of nitrogens with zero attached hydrogens (tertiary/aromatic N) is 5. The molecule has 1 aromatic heterocycles. The molecule has 0 radical (unpaired) electrons. The van der Waals surface area contributed by atoms with Crippen molar-refractivity contribution in [3.8, 4) is 0 Å². The molecule has 0 bridgehead atoms. The van der Waals surface area contributed by atoms with E-state index in [-0.39, 0.29) is 5.82 Å². The molecule has 200 valence electrons. The Kier molecular flexibility index (Phi) is 8.22. The van der Waals surface area contributed by atoms with Crippen molar-refractivity contribution in [3.05, 3.63) is 72.0 Å². The molecule has 2 N–H and O–H groups in total. The minimum absolute atomic E-state index is 0.252. The fourth-order valence-corrected chi connectivity index (χ4v) is 5.58. The van der Waals surface area contributed by atoms with Gasteiger partial charge in [0.15, 0.2) is 5.11 Å². The summed E-state index contributed by atoms with van der Waals surface area (Å²) in [4.78, 5) is 16.9. The van der Waals surface area contributed by atoms with Crippen LogP contribution in [0.15, 0.2) is 60.7 Å². The highest BCUT2D eigenvalue weighted by Gasteiger charge is 2.25. The first-order valence-corrected chi connectivity index (χ1v) is 13.8. The van der Waals surface area contributed by atoms with Gasteiger partial charge in [-0.3, -0.25) is 0 Å². The lowest BCUT2D eigenvalue weighted by molar-refractivity contribution is 0.355. The standard InChI is InChI=1S/C29H36FN7S/c1-21-16-22(2)20-37(19-21)27-17-26(36-14-12-35(13-15-36)25-6-4-3-5-7-25)32-28(33-27)34-29(38)31-18-23-8-10-24(30)11-9-23/h3-11,17,21-22H,12-16,18-20H2,1-2H3,(H2,31,32,33,34,38). The zero-order chi connectivity index (χ0) is 26.5. The SMILES string of the molecule is CC1CC(C)CN(c2cc(N3CCN(c4ccccc4)CC3)nc(NC(=S)NCc3ccc(F)cc3)n2)C1. The lowest BCUT2D eigenvalue weighted by Crippen LogP contribution is -2.47. The number of nitrogens with one attached hydrogen (secondary N) is 2. The fourth-order valence-electron chi connectivity index (χ4n) is 5.41. The van der Waals surface area contributed by atoms with Crippen molar-refractivity contribution in [2.75, 3.05) is 59.3 Å². The number of benzene rings is 2. The molecule has 5 rings (SSSR count). The van der Waals surface area contributed by atoms with Crippen molar-refractivity contribution in [1.29, 1.82) is 0 Å². The molecule has 0 saturated carbocycles. The van der Waals surface area contributed by atoms with E-state index < -0.39 is 0 Å². The molecule has 2 aliphatic heterocycles. The van der Waals surface area contributed by atoms with Gasteiger partial charge < -0.3 is 25.3 Å². The lowest BCUT2D eigenvalue weighted by atomic mass is 9.92. The van der Waals surface area contributed by atoms with Crippen LogP contribution < -0.4 is 25.3 Å². The maximum absolute atomic E-state index is 13.2. The summed E-state index contributed by atoms with van der Waals surface area (Å²) in [6, 6.07) is 19.1. The Bertz CT molecular complexity index is 1210. The average Bonchev–Trinajstić information content (AvgIpc) is 2.93. The van der Waals surface area contributed by atoms with E-state index in [1.54, 1.807) is 12.1 Å². The molecule has 2 saturated heterocycles. The van der Waals surface area contributed by atoms with Crippen LogP contribution in [0.4, 0.5) is 27.7 Å². The van der Waals surface area contributed by atoms with Crippen LogP contribution in [0.1, 0.15) is 25.8 Å². The van der Waals surface area contributed by atoms with E-state index in [2.05, 4.69) is 75.6 Å². The fraction of sp³-hybridized carbons (Fsp3) is 0.414. The Balaban J connectivity index is 1.31. The quantitative estimate of drug-likeness (QED) is 0.434. The van der Waals surface area contributed by atoms with E-state index >= 15 is 0 Å². The molecule has 2 fully saturated rings. The van der Waals surface area contributed by atoms with Gasteiger partial charge in [-0.25, -0.2) is 4.39 Å². The number of hydrogen-bond acceptors (Lipinski definition) is 6. The number of piperazine rings is 1. The van der Waals surface area contributed by atoms with Gasteiger partial charge in [0.05, 0.1) is 0 Å². The third-order valence-corrected chi connectivity index (χ3v) is 7.46. The molecule has 2 atom stereocenters. The highest BCUT2D eigenvalue weighted by atomic mass is 32.1. The van der Waals surface area contributed by atoms with Crippen molar-refractivity contribution < 1.29 is 4.39 Å². The summed E-state index contributed by atoms with van der Waals surface area (Å²) in [6.07, 6.45) is 1.23. The van der Waals surface area contributed by atoms with Crippen LogP contribution in [0.25, 0.3) is 0 Å². The van der Waals surface area contributed by atoms with Crippen LogP contribution in [-0.2, 0) is 6.54 Å². The van der Waals surface area contributed by atoms with E-state index in [0.717, 1.165) is 56.5 Å². The van der Waals surface area contributed by atoms with Crippen LogP contribution in [0.3, 0.4) is 0 Å². The smallest absolute Gasteiger partial charge is 0.232 e. The zero-order valence-electron chi connectivity index (χ0n) is 22.1. The van der Waals surface area contributed by atoms with Crippen molar-refractivity contribution in [1.82, 2.24) is 15.3 Å². The third kappa shape index (κ3) is 6.69. The maximum atomic E-state index is 13.2. The number of thiocarbonyl (C=S) groups is 1. The van der Waals surface area contributed by atoms with Gasteiger partial charge in [-0.2, -0.15) is 9.97 Å². The summed E-state index contributed by atoms with van der Waals surface area (Å²) < 4.78 is 13.2. The van der Waals surface area contributed by atoms with Gasteiger partial charge in [-0.1, -0.05) is 44.2 Å². The van der Waals surface area contributed by atoms with Gasteiger partial charge >= 0.3 is 0 Å². The van der Waals surface area contributed by atoms with Crippen molar-refractivity contribution in [3.63, 3.8) is 0 Å². The average molecular weight is 534 g/mol. The van der Waals surface area contributed by atoms with E-state index in [1.807, 2.05) is 0 Å². The van der Waals surface area contributed by atoms with Crippen molar-refractivity contribution in [2.24, 2.45) is 11.8 Å². The van der Waals surface area contributed by atoms with Gasteiger partial charge in [-0.05, 0) is 60.3 Å². The van der Waals surface area contributed by atoms with Crippen LogP contribution in [0, 0.1) is 17.7 Å². The second-order valence-corrected chi connectivity index (χ2v) is 10.9. The van der Waals surface area contributed by atoms with Crippen LogP contribution in [0.2, 0.25) is 0 Å². The topological polar surface area (TPSA) is 59.6 Å². The molecule has 2 aromatic carbocycles. The first-order valence-electron chi connectivity index (χ1n) is 13.4.